The Bertz CT molecular complexity index is 489. The third kappa shape index (κ3) is 3.03. The van der Waals surface area contributed by atoms with Gasteiger partial charge in [0.2, 0.25) is 0 Å². The highest BCUT2D eigenvalue weighted by Crippen LogP contribution is 2.20. The van der Waals surface area contributed by atoms with E-state index in [1.165, 1.54) is 12.0 Å². The van der Waals surface area contributed by atoms with Crippen LogP contribution in [0.2, 0.25) is 0 Å². The Morgan fingerprint density at radius 2 is 2.11 bits per heavy atom. The number of likely N-dealkylation sites (tertiary alicyclic amines) is 1. The number of esters is 1. The number of hydrogen-bond acceptors (Lipinski definition) is 5. The van der Waals surface area contributed by atoms with Crippen molar-refractivity contribution in [2.75, 3.05) is 20.2 Å². The molecular formula is C13H16N2O4. The highest BCUT2D eigenvalue weighted by atomic mass is 16.6. The highest BCUT2D eigenvalue weighted by molar-refractivity contribution is 5.93. The van der Waals surface area contributed by atoms with Gasteiger partial charge in [-0.15, -0.1) is 0 Å². The average Bonchev–Trinajstić information content (AvgIpc) is 2.85. The number of ether oxygens (including phenoxy) is 2. The molecule has 6 nitrogen and oxygen atoms in total. The smallest absolute Gasteiger partial charge is 0.415 e. The van der Waals surface area contributed by atoms with Gasteiger partial charge in [0, 0.05) is 19.1 Å². The summed E-state index contributed by atoms with van der Waals surface area (Å²) >= 11 is 0. The second-order valence-electron chi connectivity index (χ2n) is 4.35. The molecule has 102 valence electrons. The number of nitrogens with zero attached hydrogens (tertiary/aromatic N) is 1. The molecule has 1 aliphatic rings. The van der Waals surface area contributed by atoms with Crippen LogP contribution in [0, 0.1) is 0 Å². The average molecular weight is 264 g/mol. The Kier molecular flexibility index (Phi) is 4.01. The van der Waals surface area contributed by atoms with Gasteiger partial charge in [0.1, 0.15) is 11.3 Å². The molecule has 0 spiro atoms. The second kappa shape index (κ2) is 5.71. The van der Waals surface area contributed by atoms with Crippen molar-refractivity contribution in [1.29, 1.82) is 0 Å². The van der Waals surface area contributed by atoms with E-state index in [2.05, 4.69) is 4.74 Å². The number of para-hydroxylation sites is 1. The van der Waals surface area contributed by atoms with Crippen LogP contribution in [0.15, 0.2) is 24.3 Å². The molecule has 1 aromatic rings. The van der Waals surface area contributed by atoms with E-state index in [-0.39, 0.29) is 17.4 Å². The summed E-state index contributed by atoms with van der Waals surface area (Å²) in [6.07, 6.45) is 0.262. The largest absolute Gasteiger partial charge is 0.465 e. The van der Waals surface area contributed by atoms with Crippen LogP contribution < -0.4 is 10.5 Å². The molecule has 0 aromatic heterocycles. The fourth-order valence-electron chi connectivity index (χ4n) is 1.95. The van der Waals surface area contributed by atoms with Gasteiger partial charge < -0.3 is 20.1 Å². The second-order valence-corrected chi connectivity index (χ2v) is 4.35. The highest BCUT2D eigenvalue weighted by Gasteiger charge is 2.26. The molecule has 1 atom stereocenters. The van der Waals surface area contributed by atoms with Crippen LogP contribution in [0.4, 0.5) is 4.79 Å². The number of benzene rings is 1. The number of carbonyl (C=O) groups excluding carboxylic acids is 2. The fraction of sp³-hybridized carbons (Fsp3) is 0.385. The molecule has 0 unspecified atom stereocenters. The summed E-state index contributed by atoms with van der Waals surface area (Å²) in [5.74, 6) is -0.346. The number of methoxy groups -OCH3 is 1. The first-order valence-electron chi connectivity index (χ1n) is 6.01. The summed E-state index contributed by atoms with van der Waals surface area (Å²) in [6, 6.07) is 6.45. The van der Waals surface area contributed by atoms with Crippen molar-refractivity contribution in [3.05, 3.63) is 29.8 Å². The monoisotopic (exact) mass is 264 g/mol. The summed E-state index contributed by atoms with van der Waals surface area (Å²) in [7, 11) is 1.28. The first kappa shape index (κ1) is 13.4. The van der Waals surface area contributed by atoms with Crippen LogP contribution in [0.25, 0.3) is 0 Å². The first-order chi connectivity index (χ1) is 9.11. The molecular weight excluding hydrogens is 248 g/mol. The molecule has 1 fully saturated rings. The molecule has 0 aliphatic carbocycles. The Morgan fingerprint density at radius 1 is 1.37 bits per heavy atom. The molecule has 0 radical (unpaired) electrons. The van der Waals surface area contributed by atoms with Gasteiger partial charge in [-0.3, -0.25) is 0 Å². The lowest BCUT2D eigenvalue weighted by Crippen LogP contribution is -2.34. The minimum absolute atomic E-state index is 0.0107. The van der Waals surface area contributed by atoms with Crippen LogP contribution in [-0.4, -0.2) is 43.2 Å². The lowest BCUT2D eigenvalue weighted by atomic mass is 10.2. The summed E-state index contributed by atoms with van der Waals surface area (Å²) in [6.45, 7) is 1.04. The molecule has 2 rings (SSSR count). The van der Waals surface area contributed by atoms with Gasteiger partial charge in [0.15, 0.2) is 0 Å². The normalized spacial score (nSPS) is 18.2. The van der Waals surface area contributed by atoms with Gasteiger partial charge >= 0.3 is 12.1 Å². The molecule has 19 heavy (non-hydrogen) atoms. The molecule has 1 heterocycles. The fourth-order valence-corrected chi connectivity index (χ4v) is 1.95. The van der Waals surface area contributed by atoms with Gasteiger partial charge in [0.05, 0.1) is 7.11 Å². The van der Waals surface area contributed by atoms with Gasteiger partial charge in [-0.25, -0.2) is 9.59 Å². The zero-order valence-electron chi connectivity index (χ0n) is 10.7. The number of nitrogens with two attached hydrogens (primary N) is 1. The van der Waals surface area contributed by atoms with Crippen LogP contribution in [-0.2, 0) is 4.74 Å². The number of carbonyl (C=O) groups is 2. The van der Waals surface area contributed by atoms with E-state index < -0.39 is 12.1 Å². The van der Waals surface area contributed by atoms with Crippen molar-refractivity contribution >= 4 is 12.1 Å². The van der Waals surface area contributed by atoms with Crippen LogP contribution in [0.3, 0.4) is 0 Å². The van der Waals surface area contributed by atoms with Crippen LogP contribution in [0.1, 0.15) is 16.8 Å². The SMILES string of the molecule is COC(=O)c1ccccc1OC(=O)N1CC[C@@H](N)C1. The number of rotatable bonds is 2. The zero-order chi connectivity index (χ0) is 13.8. The molecule has 0 bridgehead atoms. The standard InChI is InChI=1S/C13H16N2O4/c1-18-12(16)10-4-2-3-5-11(10)19-13(17)15-7-6-9(14)8-15/h2-5,9H,6-8,14H2,1H3/t9-/m1/s1. The Morgan fingerprint density at radius 3 is 2.74 bits per heavy atom. The molecule has 1 aromatic carbocycles. The van der Waals surface area contributed by atoms with E-state index >= 15 is 0 Å². The third-order valence-electron chi connectivity index (χ3n) is 2.97. The van der Waals surface area contributed by atoms with Crippen molar-refractivity contribution in [2.45, 2.75) is 12.5 Å². The number of hydrogen-bond donors (Lipinski definition) is 1. The lowest BCUT2D eigenvalue weighted by molar-refractivity contribution is 0.0597. The first-order valence-corrected chi connectivity index (χ1v) is 6.01. The van der Waals surface area contributed by atoms with E-state index in [1.807, 2.05) is 0 Å². The van der Waals surface area contributed by atoms with Gasteiger partial charge in [-0.2, -0.15) is 0 Å². The van der Waals surface area contributed by atoms with Crippen molar-refractivity contribution in [1.82, 2.24) is 4.90 Å². The van der Waals surface area contributed by atoms with Crippen molar-refractivity contribution in [3.8, 4) is 5.75 Å². The van der Waals surface area contributed by atoms with E-state index in [1.54, 1.807) is 24.3 Å². The third-order valence-corrected chi connectivity index (χ3v) is 2.97. The molecule has 6 heteroatoms. The summed E-state index contributed by atoms with van der Waals surface area (Å²) in [5.41, 5.74) is 5.96. The Balaban J connectivity index is 2.10. The molecule has 1 saturated heterocycles. The van der Waals surface area contributed by atoms with E-state index in [0.29, 0.717) is 13.1 Å². The predicted octanol–water partition coefficient (Wildman–Crippen LogP) is 1.00. The molecule has 1 amide bonds. The van der Waals surface area contributed by atoms with E-state index in [9.17, 15) is 9.59 Å². The van der Waals surface area contributed by atoms with Crippen molar-refractivity contribution in [3.63, 3.8) is 0 Å². The quantitative estimate of drug-likeness (QED) is 0.806. The van der Waals surface area contributed by atoms with Crippen molar-refractivity contribution < 1.29 is 19.1 Å². The van der Waals surface area contributed by atoms with Crippen molar-refractivity contribution in [2.24, 2.45) is 5.73 Å². The minimum atomic E-state index is -0.540. The lowest BCUT2D eigenvalue weighted by Gasteiger charge is -2.16. The molecule has 2 N–H and O–H groups in total. The van der Waals surface area contributed by atoms with E-state index in [4.69, 9.17) is 10.5 Å². The maximum absolute atomic E-state index is 11.9. The molecule has 0 saturated carbocycles. The van der Waals surface area contributed by atoms with E-state index in [0.717, 1.165) is 6.42 Å². The van der Waals surface area contributed by atoms with Gasteiger partial charge in [-0.1, -0.05) is 12.1 Å². The number of amides is 1. The maximum Gasteiger partial charge on any atom is 0.415 e. The summed E-state index contributed by atoms with van der Waals surface area (Å²) < 4.78 is 9.87. The predicted molar refractivity (Wildman–Crippen MR) is 68.0 cm³/mol. The Hall–Kier alpha value is -2.08. The van der Waals surface area contributed by atoms with Crippen LogP contribution >= 0.6 is 0 Å². The zero-order valence-corrected chi connectivity index (χ0v) is 10.7. The van der Waals surface area contributed by atoms with Crippen LogP contribution in [0.5, 0.6) is 5.75 Å². The minimum Gasteiger partial charge on any atom is -0.465 e. The van der Waals surface area contributed by atoms with Gasteiger partial charge in [0.25, 0.3) is 0 Å². The van der Waals surface area contributed by atoms with Gasteiger partial charge in [-0.05, 0) is 18.6 Å². The summed E-state index contributed by atoms with van der Waals surface area (Å²) in [5, 5.41) is 0. The maximum atomic E-state index is 11.9. The molecule has 1 aliphatic heterocycles. The Labute approximate surface area is 111 Å². The summed E-state index contributed by atoms with van der Waals surface area (Å²) in [4.78, 5) is 25.0. The topological polar surface area (TPSA) is 81.9 Å².